The smallest absolute Gasteiger partial charge is 0.251 e. The lowest BCUT2D eigenvalue weighted by atomic mass is 10.1. The lowest BCUT2D eigenvalue weighted by Gasteiger charge is -2.10. The van der Waals surface area contributed by atoms with E-state index in [1.165, 1.54) is 6.08 Å². The molecular formula is C18H17ClN2O2. The van der Waals surface area contributed by atoms with E-state index in [1.54, 1.807) is 38.1 Å². The minimum absolute atomic E-state index is 0.310. The first-order chi connectivity index (χ1) is 10.9. The highest BCUT2D eigenvalue weighted by molar-refractivity contribution is 6.32. The SMILES string of the molecule is C/C(=C/C(=O)Nc1cccc(C)c1C(N)=O)c1ccccc1Cl. The molecule has 118 valence electrons. The van der Waals surface area contributed by atoms with Crippen LogP contribution < -0.4 is 11.1 Å². The zero-order valence-electron chi connectivity index (χ0n) is 12.9. The highest BCUT2D eigenvalue weighted by atomic mass is 35.5. The van der Waals surface area contributed by atoms with Crippen LogP contribution in [0.3, 0.4) is 0 Å². The molecule has 5 heteroatoms. The zero-order chi connectivity index (χ0) is 17.0. The molecular weight excluding hydrogens is 312 g/mol. The molecule has 0 unspecified atom stereocenters. The Morgan fingerprint density at radius 3 is 2.48 bits per heavy atom. The molecule has 23 heavy (non-hydrogen) atoms. The van der Waals surface area contributed by atoms with Gasteiger partial charge in [0.1, 0.15) is 0 Å². The number of hydrogen-bond acceptors (Lipinski definition) is 2. The Kier molecular flexibility index (Phi) is 5.19. The standard InChI is InChI=1S/C18H17ClN2O2/c1-11-6-5-9-15(17(11)18(20)23)21-16(22)10-12(2)13-7-3-4-8-14(13)19/h3-10H,1-2H3,(H2,20,23)(H,21,22)/b12-10-. The second kappa shape index (κ2) is 7.11. The number of carbonyl (C=O) groups is 2. The number of hydrogen-bond donors (Lipinski definition) is 2. The zero-order valence-corrected chi connectivity index (χ0v) is 13.6. The van der Waals surface area contributed by atoms with Gasteiger partial charge in [0, 0.05) is 11.1 Å². The summed E-state index contributed by atoms with van der Waals surface area (Å²) in [6.45, 7) is 3.56. The van der Waals surface area contributed by atoms with Crippen LogP contribution in [0.4, 0.5) is 5.69 Å². The quantitative estimate of drug-likeness (QED) is 0.838. The molecule has 0 bridgehead atoms. The van der Waals surface area contributed by atoms with Gasteiger partial charge in [-0.1, -0.05) is 41.9 Å². The van der Waals surface area contributed by atoms with Gasteiger partial charge in [0.2, 0.25) is 5.91 Å². The molecule has 0 heterocycles. The maximum Gasteiger partial charge on any atom is 0.251 e. The largest absolute Gasteiger partial charge is 0.366 e. The van der Waals surface area contributed by atoms with Crippen LogP contribution in [0.15, 0.2) is 48.5 Å². The van der Waals surface area contributed by atoms with Crippen molar-refractivity contribution < 1.29 is 9.59 Å². The fourth-order valence-electron chi connectivity index (χ4n) is 2.32. The molecule has 0 aliphatic carbocycles. The molecule has 0 saturated heterocycles. The minimum atomic E-state index is -0.579. The van der Waals surface area contributed by atoms with Gasteiger partial charge in [0.05, 0.1) is 11.3 Å². The molecule has 0 atom stereocenters. The topological polar surface area (TPSA) is 72.2 Å². The van der Waals surface area contributed by atoms with Crippen LogP contribution in [0.2, 0.25) is 5.02 Å². The van der Waals surface area contributed by atoms with E-state index in [9.17, 15) is 9.59 Å². The van der Waals surface area contributed by atoms with Gasteiger partial charge in [-0.05, 0) is 42.7 Å². The second-order valence-corrected chi connectivity index (χ2v) is 5.57. The fraction of sp³-hybridized carbons (Fsp3) is 0.111. The molecule has 0 spiro atoms. The van der Waals surface area contributed by atoms with Gasteiger partial charge < -0.3 is 11.1 Å². The van der Waals surface area contributed by atoms with Gasteiger partial charge in [0.15, 0.2) is 0 Å². The summed E-state index contributed by atoms with van der Waals surface area (Å²) in [5.74, 6) is -0.930. The van der Waals surface area contributed by atoms with Crippen LogP contribution in [-0.4, -0.2) is 11.8 Å². The molecule has 3 N–H and O–H groups in total. The molecule has 4 nitrogen and oxygen atoms in total. The Morgan fingerprint density at radius 1 is 1.13 bits per heavy atom. The lowest BCUT2D eigenvalue weighted by molar-refractivity contribution is -0.111. The van der Waals surface area contributed by atoms with Gasteiger partial charge >= 0.3 is 0 Å². The van der Waals surface area contributed by atoms with Crippen molar-refractivity contribution in [3.8, 4) is 0 Å². The Hall–Kier alpha value is -2.59. The number of allylic oxidation sites excluding steroid dienone is 1. The van der Waals surface area contributed by atoms with Crippen molar-refractivity contribution in [1.29, 1.82) is 0 Å². The van der Waals surface area contributed by atoms with Crippen LogP contribution >= 0.6 is 11.6 Å². The molecule has 0 fully saturated rings. The molecule has 2 amide bonds. The monoisotopic (exact) mass is 328 g/mol. The van der Waals surface area contributed by atoms with E-state index in [-0.39, 0.29) is 5.91 Å². The number of anilines is 1. The van der Waals surface area contributed by atoms with E-state index in [0.717, 1.165) is 11.1 Å². The molecule has 0 aliphatic heterocycles. The molecule has 2 rings (SSSR count). The van der Waals surface area contributed by atoms with Crippen LogP contribution in [-0.2, 0) is 4.79 Å². The summed E-state index contributed by atoms with van der Waals surface area (Å²) in [4.78, 5) is 23.8. The number of benzene rings is 2. The predicted octanol–water partition coefficient (Wildman–Crippen LogP) is 3.79. The van der Waals surface area contributed by atoms with Crippen molar-refractivity contribution in [3.63, 3.8) is 0 Å². The van der Waals surface area contributed by atoms with Crippen molar-refractivity contribution in [3.05, 3.63) is 70.3 Å². The van der Waals surface area contributed by atoms with E-state index in [2.05, 4.69) is 5.32 Å². The third-order valence-electron chi connectivity index (χ3n) is 3.42. The second-order valence-electron chi connectivity index (χ2n) is 5.16. The first-order valence-electron chi connectivity index (χ1n) is 7.03. The lowest BCUT2D eigenvalue weighted by Crippen LogP contribution is -2.18. The highest BCUT2D eigenvalue weighted by Crippen LogP contribution is 2.24. The van der Waals surface area contributed by atoms with Crippen molar-refractivity contribution in [2.45, 2.75) is 13.8 Å². The number of nitrogens with one attached hydrogen (secondary N) is 1. The van der Waals surface area contributed by atoms with E-state index >= 15 is 0 Å². The van der Waals surface area contributed by atoms with Crippen LogP contribution in [0.25, 0.3) is 5.57 Å². The van der Waals surface area contributed by atoms with Gasteiger partial charge in [-0.15, -0.1) is 0 Å². The first kappa shape index (κ1) is 16.8. The summed E-state index contributed by atoms with van der Waals surface area (Å²) in [6.07, 6.45) is 1.44. The van der Waals surface area contributed by atoms with E-state index < -0.39 is 5.91 Å². The third-order valence-corrected chi connectivity index (χ3v) is 3.75. The molecule has 0 saturated carbocycles. The van der Waals surface area contributed by atoms with Gasteiger partial charge in [-0.2, -0.15) is 0 Å². The van der Waals surface area contributed by atoms with Gasteiger partial charge in [-0.25, -0.2) is 0 Å². The summed E-state index contributed by atoms with van der Waals surface area (Å²) in [5.41, 5.74) is 8.30. The Morgan fingerprint density at radius 2 is 1.83 bits per heavy atom. The molecule has 0 aromatic heterocycles. The minimum Gasteiger partial charge on any atom is -0.366 e. The van der Waals surface area contributed by atoms with Crippen molar-refractivity contribution in [2.24, 2.45) is 5.73 Å². The summed E-state index contributed by atoms with van der Waals surface area (Å²) < 4.78 is 0. The van der Waals surface area contributed by atoms with E-state index in [0.29, 0.717) is 21.8 Å². The maximum absolute atomic E-state index is 12.2. The number of primary amides is 1. The number of amides is 2. The number of halogens is 1. The number of rotatable bonds is 4. The number of carbonyl (C=O) groups excluding carboxylic acids is 2. The summed E-state index contributed by atoms with van der Waals surface area (Å²) in [6, 6.07) is 12.4. The molecule has 0 radical (unpaired) electrons. The van der Waals surface area contributed by atoms with Crippen LogP contribution in [0.5, 0.6) is 0 Å². The summed E-state index contributed by atoms with van der Waals surface area (Å²) in [7, 11) is 0. The van der Waals surface area contributed by atoms with Gasteiger partial charge in [0.25, 0.3) is 5.91 Å². The third kappa shape index (κ3) is 3.99. The van der Waals surface area contributed by atoms with Crippen LogP contribution in [0.1, 0.15) is 28.4 Å². The van der Waals surface area contributed by atoms with Crippen molar-refractivity contribution >= 4 is 34.7 Å². The molecule has 2 aromatic carbocycles. The number of nitrogens with two attached hydrogens (primary N) is 1. The van der Waals surface area contributed by atoms with E-state index in [4.69, 9.17) is 17.3 Å². The average Bonchev–Trinajstić information content (AvgIpc) is 2.47. The molecule has 0 aliphatic rings. The normalized spacial score (nSPS) is 11.2. The fourth-order valence-corrected chi connectivity index (χ4v) is 2.61. The Labute approximate surface area is 140 Å². The van der Waals surface area contributed by atoms with Crippen molar-refractivity contribution in [1.82, 2.24) is 0 Å². The summed E-state index contributed by atoms with van der Waals surface area (Å²) >= 11 is 6.12. The van der Waals surface area contributed by atoms with Gasteiger partial charge in [-0.3, -0.25) is 9.59 Å². The van der Waals surface area contributed by atoms with Crippen molar-refractivity contribution in [2.75, 3.05) is 5.32 Å². The first-order valence-corrected chi connectivity index (χ1v) is 7.41. The molecule has 2 aromatic rings. The average molecular weight is 329 g/mol. The summed E-state index contributed by atoms with van der Waals surface area (Å²) in [5, 5.41) is 3.27. The maximum atomic E-state index is 12.2. The van der Waals surface area contributed by atoms with Crippen LogP contribution in [0, 0.1) is 6.92 Å². The highest BCUT2D eigenvalue weighted by Gasteiger charge is 2.13. The van der Waals surface area contributed by atoms with E-state index in [1.807, 2.05) is 18.2 Å². The number of aryl methyl sites for hydroxylation is 1. The predicted molar refractivity (Wildman–Crippen MR) is 93.4 cm³/mol. The Bertz CT molecular complexity index is 797. The Balaban J connectivity index is 2.27.